The van der Waals surface area contributed by atoms with E-state index in [9.17, 15) is 9.90 Å². The average Bonchev–Trinajstić information content (AvgIpc) is 2.28. The second kappa shape index (κ2) is 5.05. The fraction of sp³-hybridized carbons (Fsp3) is 0.417. The van der Waals surface area contributed by atoms with Crippen molar-refractivity contribution in [2.24, 2.45) is 0 Å². The van der Waals surface area contributed by atoms with Crippen molar-refractivity contribution >= 4 is 11.7 Å². The molecule has 0 aliphatic heterocycles. The predicted molar refractivity (Wildman–Crippen MR) is 64.0 cm³/mol. The van der Waals surface area contributed by atoms with Gasteiger partial charge in [0, 0.05) is 12.7 Å². The Morgan fingerprint density at radius 3 is 2.41 bits per heavy atom. The van der Waals surface area contributed by atoms with Crippen molar-refractivity contribution < 1.29 is 19.7 Å². The number of anilines is 1. The number of rotatable bonds is 4. The first-order chi connectivity index (χ1) is 7.86. The Morgan fingerprint density at radius 1 is 1.41 bits per heavy atom. The van der Waals surface area contributed by atoms with Gasteiger partial charge in [0.2, 0.25) is 0 Å². The number of carbonyl (C=O) groups is 1. The number of phenols is 1. The lowest BCUT2D eigenvalue weighted by atomic mass is 10.1. The fourth-order valence-corrected chi connectivity index (χ4v) is 1.54. The molecule has 1 aromatic rings. The minimum absolute atomic E-state index is 0.102. The number of phenolic OH excluding ortho intramolecular Hbond substituents is 1. The number of hydrogen-bond donors (Lipinski definition) is 2. The topological polar surface area (TPSA) is 70.0 Å². The first-order valence-electron chi connectivity index (χ1n) is 5.18. The normalized spacial score (nSPS) is 13.9. The maximum atomic E-state index is 11.3. The van der Waals surface area contributed by atoms with Gasteiger partial charge in [0.15, 0.2) is 5.60 Å². The van der Waals surface area contributed by atoms with E-state index in [1.54, 1.807) is 36.2 Å². The van der Waals surface area contributed by atoms with E-state index in [0.29, 0.717) is 0 Å². The molecule has 0 radical (unpaired) electrons. The molecule has 2 N–H and O–H groups in total. The van der Waals surface area contributed by atoms with E-state index >= 15 is 0 Å². The van der Waals surface area contributed by atoms with Crippen LogP contribution in [0.3, 0.4) is 0 Å². The van der Waals surface area contributed by atoms with Crippen molar-refractivity contribution in [3.8, 4) is 5.75 Å². The summed E-state index contributed by atoms with van der Waals surface area (Å²) in [6.07, 6.45) is 0. The number of methoxy groups -OCH3 is 1. The molecule has 0 aromatic heterocycles. The summed E-state index contributed by atoms with van der Waals surface area (Å²) in [7, 11) is 2.97. The van der Waals surface area contributed by atoms with Gasteiger partial charge in [-0.3, -0.25) is 0 Å². The number of hydrogen-bond acceptors (Lipinski definition) is 5. The monoisotopic (exact) mass is 239 g/mol. The highest BCUT2D eigenvalue weighted by atomic mass is 16.5. The molecular weight excluding hydrogens is 222 g/mol. The van der Waals surface area contributed by atoms with E-state index in [1.165, 1.54) is 14.0 Å². The first kappa shape index (κ1) is 13.3. The predicted octanol–water partition coefficient (Wildman–Crippen LogP) is 0.752. The van der Waals surface area contributed by atoms with Gasteiger partial charge in [-0.05, 0) is 31.2 Å². The zero-order valence-electron chi connectivity index (χ0n) is 10.2. The number of carbonyl (C=O) groups excluding carboxylic acids is 1. The third-order valence-corrected chi connectivity index (χ3v) is 2.46. The fourth-order valence-electron chi connectivity index (χ4n) is 1.54. The minimum atomic E-state index is -1.57. The Balaban J connectivity index is 2.75. The Kier molecular flexibility index (Phi) is 3.96. The zero-order valence-corrected chi connectivity index (χ0v) is 10.2. The molecule has 0 fully saturated rings. The molecule has 0 spiro atoms. The Bertz CT molecular complexity index is 386. The molecule has 1 unspecified atom stereocenters. The molecule has 1 rings (SSSR count). The van der Waals surface area contributed by atoms with Gasteiger partial charge in [0.25, 0.3) is 0 Å². The van der Waals surface area contributed by atoms with Crippen LogP contribution in [0.2, 0.25) is 0 Å². The number of likely N-dealkylation sites (N-methyl/N-ethyl adjacent to an activating group) is 1. The molecule has 94 valence electrons. The van der Waals surface area contributed by atoms with E-state index in [4.69, 9.17) is 5.11 Å². The van der Waals surface area contributed by atoms with Gasteiger partial charge in [0.1, 0.15) is 5.75 Å². The summed E-state index contributed by atoms with van der Waals surface area (Å²) >= 11 is 0. The van der Waals surface area contributed by atoms with Crippen LogP contribution >= 0.6 is 0 Å². The molecule has 5 heteroatoms. The Labute approximate surface area is 100 Å². The summed E-state index contributed by atoms with van der Waals surface area (Å²) in [6, 6.07) is 6.47. The van der Waals surface area contributed by atoms with Gasteiger partial charge in [-0.1, -0.05) is 0 Å². The second-order valence-electron chi connectivity index (χ2n) is 4.14. The van der Waals surface area contributed by atoms with Crippen molar-refractivity contribution in [1.29, 1.82) is 0 Å². The molecule has 1 atom stereocenters. The van der Waals surface area contributed by atoms with E-state index in [2.05, 4.69) is 4.74 Å². The maximum absolute atomic E-state index is 11.3. The van der Waals surface area contributed by atoms with Crippen LogP contribution in [-0.4, -0.2) is 42.5 Å². The van der Waals surface area contributed by atoms with Gasteiger partial charge in [-0.2, -0.15) is 0 Å². The molecule has 0 bridgehead atoms. The van der Waals surface area contributed by atoms with Gasteiger partial charge < -0.3 is 19.8 Å². The minimum Gasteiger partial charge on any atom is -0.508 e. The molecule has 17 heavy (non-hydrogen) atoms. The van der Waals surface area contributed by atoms with E-state index in [1.807, 2.05) is 0 Å². The van der Waals surface area contributed by atoms with Crippen LogP contribution in [0.25, 0.3) is 0 Å². The summed E-state index contributed by atoms with van der Waals surface area (Å²) in [5.41, 5.74) is -0.784. The molecule has 1 aromatic carbocycles. The lowest BCUT2D eigenvalue weighted by molar-refractivity contribution is -0.159. The quantitative estimate of drug-likeness (QED) is 0.759. The van der Waals surface area contributed by atoms with E-state index < -0.39 is 11.6 Å². The number of aromatic hydroxyl groups is 1. The lowest BCUT2D eigenvalue weighted by Crippen LogP contribution is -2.46. The highest BCUT2D eigenvalue weighted by molar-refractivity contribution is 5.79. The van der Waals surface area contributed by atoms with Gasteiger partial charge in [0.05, 0.1) is 13.7 Å². The number of esters is 1. The van der Waals surface area contributed by atoms with Crippen LogP contribution in [0.1, 0.15) is 6.92 Å². The third kappa shape index (κ3) is 3.35. The largest absolute Gasteiger partial charge is 0.508 e. The summed E-state index contributed by atoms with van der Waals surface area (Å²) < 4.78 is 4.52. The average molecular weight is 239 g/mol. The number of ether oxygens (including phenoxy) is 1. The lowest BCUT2D eigenvalue weighted by Gasteiger charge is -2.28. The van der Waals surface area contributed by atoms with E-state index in [-0.39, 0.29) is 12.3 Å². The summed E-state index contributed by atoms with van der Waals surface area (Å²) in [4.78, 5) is 13.0. The van der Waals surface area contributed by atoms with E-state index in [0.717, 1.165) is 5.69 Å². The van der Waals surface area contributed by atoms with Crippen molar-refractivity contribution in [1.82, 2.24) is 0 Å². The molecule has 0 aliphatic carbocycles. The van der Waals surface area contributed by atoms with Crippen LogP contribution in [0.4, 0.5) is 5.69 Å². The van der Waals surface area contributed by atoms with Crippen molar-refractivity contribution in [2.75, 3.05) is 25.6 Å². The van der Waals surface area contributed by atoms with Crippen LogP contribution < -0.4 is 4.90 Å². The standard InChI is InChI=1S/C12H17NO4/c1-12(16,11(15)17-3)8-13(2)9-4-6-10(14)7-5-9/h4-7,14,16H,8H2,1-3H3. The van der Waals surface area contributed by atoms with Crippen LogP contribution in [0, 0.1) is 0 Å². The van der Waals surface area contributed by atoms with Crippen LogP contribution in [0.5, 0.6) is 5.75 Å². The van der Waals surface area contributed by atoms with Crippen LogP contribution in [-0.2, 0) is 9.53 Å². The molecule has 0 saturated carbocycles. The summed E-state index contributed by atoms with van der Waals surface area (Å²) in [6.45, 7) is 1.50. The van der Waals surface area contributed by atoms with Crippen molar-refractivity contribution in [3.63, 3.8) is 0 Å². The molecule has 0 heterocycles. The van der Waals surface area contributed by atoms with Gasteiger partial charge in [-0.25, -0.2) is 4.79 Å². The number of aliphatic hydroxyl groups is 1. The maximum Gasteiger partial charge on any atom is 0.339 e. The Morgan fingerprint density at radius 2 is 1.94 bits per heavy atom. The summed E-state index contributed by atoms with van der Waals surface area (Å²) in [5, 5.41) is 19.1. The van der Waals surface area contributed by atoms with Gasteiger partial charge in [-0.15, -0.1) is 0 Å². The number of nitrogens with zero attached hydrogens (tertiary/aromatic N) is 1. The third-order valence-electron chi connectivity index (χ3n) is 2.46. The molecule has 0 aliphatic rings. The van der Waals surface area contributed by atoms with Crippen molar-refractivity contribution in [3.05, 3.63) is 24.3 Å². The van der Waals surface area contributed by atoms with Crippen LogP contribution in [0.15, 0.2) is 24.3 Å². The highest BCUT2D eigenvalue weighted by Crippen LogP contribution is 2.19. The highest BCUT2D eigenvalue weighted by Gasteiger charge is 2.32. The molecular formula is C12H17NO4. The van der Waals surface area contributed by atoms with Crippen molar-refractivity contribution in [2.45, 2.75) is 12.5 Å². The van der Waals surface area contributed by atoms with Gasteiger partial charge >= 0.3 is 5.97 Å². The zero-order chi connectivity index (χ0) is 13.1. The molecule has 0 amide bonds. The SMILES string of the molecule is COC(=O)C(C)(O)CN(C)c1ccc(O)cc1. The summed E-state index contributed by atoms with van der Waals surface area (Å²) in [5.74, 6) is -0.509. The molecule has 0 saturated heterocycles. The Hall–Kier alpha value is -1.75. The smallest absolute Gasteiger partial charge is 0.339 e. The second-order valence-corrected chi connectivity index (χ2v) is 4.14. The number of benzene rings is 1. The molecule has 5 nitrogen and oxygen atoms in total. The first-order valence-corrected chi connectivity index (χ1v) is 5.18.